The number of nitrogens with zero attached hydrogens (tertiary/aromatic N) is 1. The highest BCUT2D eigenvalue weighted by Gasteiger charge is 2.35. The van der Waals surface area contributed by atoms with Crippen molar-refractivity contribution in [3.63, 3.8) is 0 Å². The third-order valence-corrected chi connectivity index (χ3v) is 3.97. The largest absolute Gasteiger partial charge is 0.377 e. The van der Waals surface area contributed by atoms with E-state index in [2.05, 4.69) is 11.9 Å². The van der Waals surface area contributed by atoms with E-state index in [0.29, 0.717) is 6.10 Å². The lowest BCUT2D eigenvalue weighted by atomic mass is 9.87. The highest BCUT2D eigenvalue weighted by atomic mass is 16.5. The molecule has 0 N–H and O–H groups in total. The topological polar surface area (TPSA) is 29.5 Å². The number of aldehydes is 1. The molecule has 0 radical (unpaired) electrons. The molecular formula is C13H23NO2. The summed E-state index contributed by atoms with van der Waals surface area (Å²) in [4.78, 5) is 13.5. The maximum absolute atomic E-state index is 11.2. The van der Waals surface area contributed by atoms with Crippen LogP contribution in [0.2, 0.25) is 0 Å². The Hall–Kier alpha value is -0.410. The molecule has 1 saturated heterocycles. The molecule has 2 rings (SSSR count). The SMILES string of the molecule is CN(CC1CCCO1)CC1(C=O)CCCC1. The van der Waals surface area contributed by atoms with E-state index in [9.17, 15) is 4.79 Å². The van der Waals surface area contributed by atoms with Gasteiger partial charge in [-0.15, -0.1) is 0 Å². The molecule has 0 aromatic heterocycles. The Morgan fingerprint density at radius 1 is 1.38 bits per heavy atom. The average molecular weight is 225 g/mol. The maximum atomic E-state index is 11.2. The number of ether oxygens (including phenoxy) is 1. The van der Waals surface area contributed by atoms with Gasteiger partial charge in [0.1, 0.15) is 6.29 Å². The van der Waals surface area contributed by atoms with Crippen LogP contribution in [-0.4, -0.2) is 44.0 Å². The zero-order chi connectivity index (χ0) is 11.4. The van der Waals surface area contributed by atoms with Gasteiger partial charge in [0.25, 0.3) is 0 Å². The van der Waals surface area contributed by atoms with Crippen LogP contribution in [0.25, 0.3) is 0 Å². The highest BCUT2D eigenvalue weighted by Crippen LogP contribution is 2.36. The van der Waals surface area contributed by atoms with E-state index in [1.807, 2.05) is 0 Å². The first-order valence-corrected chi connectivity index (χ1v) is 6.51. The minimum atomic E-state index is -0.0483. The predicted octanol–water partition coefficient (Wildman–Crippen LogP) is 1.86. The molecule has 3 nitrogen and oxygen atoms in total. The van der Waals surface area contributed by atoms with Crippen LogP contribution >= 0.6 is 0 Å². The van der Waals surface area contributed by atoms with Gasteiger partial charge in [-0.2, -0.15) is 0 Å². The van der Waals surface area contributed by atoms with E-state index in [1.165, 1.54) is 32.0 Å². The summed E-state index contributed by atoms with van der Waals surface area (Å²) >= 11 is 0. The van der Waals surface area contributed by atoms with E-state index in [4.69, 9.17) is 4.74 Å². The fourth-order valence-corrected chi connectivity index (χ4v) is 3.13. The van der Waals surface area contributed by atoms with Crippen molar-refractivity contribution in [2.75, 3.05) is 26.7 Å². The number of hydrogen-bond donors (Lipinski definition) is 0. The molecule has 3 heteroatoms. The van der Waals surface area contributed by atoms with Crippen molar-refractivity contribution < 1.29 is 9.53 Å². The van der Waals surface area contributed by atoms with Crippen molar-refractivity contribution in [2.45, 2.75) is 44.6 Å². The fraction of sp³-hybridized carbons (Fsp3) is 0.923. The molecule has 0 amide bonds. The lowest BCUT2D eigenvalue weighted by Crippen LogP contribution is -2.38. The Kier molecular flexibility index (Phi) is 3.98. The Morgan fingerprint density at radius 3 is 2.69 bits per heavy atom. The van der Waals surface area contributed by atoms with Crippen LogP contribution in [-0.2, 0) is 9.53 Å². The van der Waals surface area contributed by atoms with Gasteiger partial charge in [-0.05, 0) is 32.7 Å². The molecule has 0 aromatic rings. The number of carbonyl (C=O) groups is 1. The quantitative estimate of drug-likeness (QED) is 0.669. The molecular weight excluding hydrogens is 202 g/mol. The van der Waals surface area contributed by atoms with Gasteiger partial charge in [0.2, 0.25) is 0 Å². The summed E-state index contributed by atoms with van der Waals surface area (Å²) in [5.74, 6) is 0. The van der Waals surface area contributed by atoms with E-state index >= 15 is 0 Å². The Labute approximate surface area is 98.1 Å². The molecule has 1 aliphatic heterocycles. The second-order valence-electron chi connectivity index (χ2n) is 5.52. The van der Waals surface area contributed by atoms with Crippen molar-refractivity contribution in [1.29, 1.82) is 0 Å². The summed E-state index contributed by atoms with van der Waals surface area (Å²) in [6.07, 6.45) is 8.55. The van der Waals surface area contributed by atoms with Gasteiger partial charge in [-0.3, -0.25) is 0 Å². The number of likely N-dealkylation sites (N-methyl/N-ethyl adjacent to an activating group) is 1. The summed E-state index contributed by atoms with van der Waals surface area (Å²) < 4.78 is 5.62. The van der Waals surface area contributed by atoms with Crippen LogP contribution in [0.3, 0.4) is 0 Å². The Morgan fingerprint density at radius 2 is 2.12 bits per heavy atom. The van der Waals surface area contributed by atoms with Gasteiger partial charge in [-0.25, -0.2) is 0 Å². The van der Waals surface area contributed by atoms with E-state index in [1.54, 1.807) is 0 Å². The third-order valence-electron chi connectivity index (χ3n) is 3.97. The first-order valence-electron chi connectivity index (χ1n) is 6.51. The van der Waals surface area contributed by atoms with Gasteiger partial charge in [0, 0.05) is 25.1 Å². The molecule has 0 aromatic carbocycles. The number of carbonyl (C=O) groups excluding carboxylic acids is 1. The molecule has 1 heterocycles. The van der Waals surface area contributed by atoms with Crippen LogP contribution in [0.15, 0.2) is 0 Å². The minimum absolute atomic E-state index is 0.0483. The van der Waals surface area contributed by atoms with Crippen molar-refractivity contribution in [2.24, 2.45) is 5.41 Å². The molecule has 92 valence electrons. The molecule has 1 unspecified atom stereocenters. The molecule has 1 saturated carbocycles. The molecule has 0 spiro atoms. The van der Waals surface area contributed by atoms with Crippen molar-refractivity contribution >= 4 is 6.29 Å². The van der Waals surface area contributed by atoms with Gasteiger partial charge in [0.15, 0.2) is 0 Å². The number of rotatable bonds is 5. The Bertz CT molecular complexity index is 230. The molecule has 1 atom stereocenters. The maximum Gasteiger partial charge on any atom is 0.127 e. The monoisotopic (exact) mass is 225 g/mol. The van der Waals surface area contributed by atoms with Crippen LogP contribution in [0.5, 0.6) is 0 Å². The van der Waals surface area contributed by atoms with Gasteiger partial charge < -0.3 is 14.4 Å². The molecule has 2 aliphatic rings. The molecule has 2 fully saturated rings. The molecule has 1 aliphatic carbocycles. The summed E-state index contributed by atoms with van der Waals surface area (Å²) in [6.45, 7) is 2.81. The summed E-state index contributed by atoms with van der Waals surface area (Å²) in [7, 11) is 2.12. The number of hydrogen-bond acceptors (Lipinski definition) is 3. The van der Waals surface area contributed by atoms with Crippen LogP contribution in [0.4, 0.5) is 0 Å². The molecule has 0 bridgehead atoms. The highest BCUT2D eigenvalue weighted by molar-refractivity contribution is 5.60. The van der Waals surface area contributed by atoms with Crippen LogP contribution < -0.4 is 0 Å². The lowest BCUT2D eigenvalue weighted by molar-refractivity contribution is -0.117. The predicted molar refractivity (Wildman–Crippen MR) is 63.4 cm³/mol. The Balaban J connectivity index is 1.80. The summed E-state index contributed by atoms with van der Waals surface area (Å²) in [5, 5.41) is 0. The van der Waals surface area contributed by atoms with Gasteiger partial charge >= 0.3 is 0 Å². The van der Waals surface area contributed by atoms with Crippen LogP contribution in [0.1, 0.15) is 38.5 Å². The smallest absolute Gasteiger partial charge is 0.127 e. The molecule has 16 heavy (non-hydrogen) atoms. The standard InChI is InChI=1S/C13H23NO2/c1-14(9-12-5-4-8-16-12)10-13(11-15)6-2-3-7-13/h11-12H,2-10H2,1H3. The third kappa shape index (κ3) is 2.83. The second kappa shape index (κ2) is 5.28. The van der Waals surface area contributed by atoms with Gasteiger partial charge in [-0.1, -0.05) is 12.8 Å². The minimum Gasteiger partial charge on any atom is -0.377 e. The fourth-order valence-electron chi connectivity index (χ4n) is 3.13. The van der Waals surface area contributed by atoms with E-state index in [-0.39, 0.29) is 5.41 Å². The average Bonchev–Trinajstić information content (AvgIpc) is 2.90. The normalized spacial score (nSPS) is 28.8. The van der Waals surface area contributed by atoms with Crippen molar-refractivity contribution in [3.8, 4) is 0 Å². The zero-order valence-corrected chi connectivity index (χ0v) is 10.3. The lowest BCUT2D eigenvalue weighted by Gasteiger charge is -2.29. The summed E-state index contributed by atoms with van der Waals surface area (Å²) in [6, 6.07) is 0. The van der Waals surface area contributed by atoms with E-state index < -0.39 is 0 Å². The first kappa shape index (κ1) is 12.1. The van der Waals surface area contributed by atoms with Crippen LogP contribution in [0, 0.1) is 5.41 Å². The second-order valence-corrected chi connectivity index (χ2v) is 5.52. The van der Waals surface area contributed by atoms with Crippen molar-refractivity contribution in [1.82, 2.24) is 4.90 Å². The van der Waals surface area contributed by atoms with Crippen molar-refractivity contribution in [3.05, 3.63) is 0 Å². The first-order chi connectivity index (χ1) is 7.74. The zero-order valence-electron chi connectivity index (χ0n) is 10.3. The van der Waals surface area contributed by atoms with E-state index in [0.717, 1.165) is 32.5 Å². The van der Waals surface area contributed by atoms with Gasteiger partial charge in [0.05, 0.1) is 6.10 Å². The summed E-state index contributed by atoms with van der Waals surface area (Å²) in [5.41, 5.74) is -0.0483.